The second-order valence-electron chi connectivity index (χ2n) is 5.87. The molecule has 0 aliphatic heterocycles. The number of nitrogens with zero attached hydrogens (tertiary/aromatic N) is 2. The molecule has 4 aromatic rings. The summed E-state index contributed by atoms with van der Waals surface area (Å²) in [6, 6.07) is 22.7. The number of pyridine rings is 2. The van der Waals surface area contributed by atoms with E-state index in [1.165, 1.54) is 11.8 Å². The summed E-state index contributed by atoms with van der Waals surface area (Å²) in [6.07, 6.45) is 1.55. The van der Waals surface area contributed by atoms with E-state index in [0.29, 0.717) is 16.9 Å². The molecule has 2 aromatic heterocycles. The van der Waals surface area contributed by atoms with E-state index in [1.807, 2.05) is 54.6 Å². The van der Waals surface area contributed by atoms with Crippen molar-refractivity contribution in [3.8, 4) is 0 Å². The Kier molecular flexibility index (Phi) is 4.72. The molecule has 0 fully saturated rings. The molecule has 2 aromatic carbocycles. The van der Waals surface area contributed by atoms with Crippen LogP contribution in [-0.2, 0) is 0 Å². The van der Waals surface area contributed by atoms with Crippen LogP contribution in [0.15, 0.2) is 89.0 Å². The number of benzene rings is 2. The van der Waals surface area contributed by atoms with E-state index in [9.17, 15) is 4.79 Å². The first kappa shape index (κ1) is 17.1. The lowest BCUT2D eigenvalue weighted by atomic mass is 10.2. The average Bonchev–Trinajstić information content (AvgIpc) is 2.70. The number of para-hydroxylation sites is 3. The Hall–Kier alpha value is -3.38. The van der Waals surface area contributed by atoms with Crippen molar-refractivity contribution in [1.29, 1.82) is 0 Å². The van der Waals surface area contributed by atoms with Crippen LogP contribution in [0.5, 0.6) is 0 Å². The summed E-state index contributed by atoms with van der Waals surface area (Å²) in [5.74, 6) is -0.249. The van der Waals surface area contributed by atoms with Crippen LogP contribution in [0.1, 0.15) is 10.4 Å². The predicted molar refractivity (Wildman–Crippen MR) is 109 cm³/mol. The van der Waals surface area contributed by atoms with Gasteiger partial charge < -0.3 is 11.1 Å². The quantitative estimate of drug-likeness (QED) is 0.511. The van der Waals surface area contributed by atoms with Gasteiger partial charge in [0.15, 0.2) is 0 Å². The van der Waals surface area contributed by atoms with Gasteiger partial charge in [0, 0.05) is 11.6 Å². The lowest BCUT2D eigenvalue weighted by molar-refractivity contribution is 0.102. The van der Waals surface area contributed by atoms with Crippen molar-refractivity contribution >= 4 is 39.9 Å². The SMILES string of the molecule is Nc1ccccc1NC(=O)c1ccc(Sc2ccc3ccccc3n2)nc1. The summed E-state index contributed by atoms with van der Waals surface area (Å²) in [5.41, 5.74) is 8.37. The number of rotatable bonds is 4. The molecule has 2 heterocycles. The molecular formula is C21H16N4OS. The first-order valence-corrected chi connectivity index (χ1v) is 9.16. The minimum Gasteiger partial charge on any atom is -0.397 e. The molecule has 27 heavy (non-hydrogen) atoms. The number of anilines is 2. The van der Waals surface area contributed by atoms with Crippen molar-refractivity contribution in [1.82, 2.24) is 9.97 Å². The Morgan fingerprint density at radius 3 is 2.48 bits per heavy atom. The zero-order chi connectivity index (χ0) is 18.6. The van der Waals surface area contributed by atoms with Gasteiger partial charge >= 0.3 is 0 Å². The first-order chi connectivity index (χ1) is 13.2. The van der Waals surface area contributed by atoms with Crippen molar-refractivity contribution < 1.29 is 4.79 Å². The monoisotopic (exact) mass is 372 g/mol. The smallest absolute Gasteiger partial charge is 0.257 e. The summed E-state index contributed by atoms with van der Waals surface area (Å²) >= 11 is 1.46. The third-order valence-corrected chi connectivity index (χ3v) is 4.88. The number of amides is 1. The van der Waals surface area contributed by atoms with Crippen LogP contribution in [0, 0.1) is 0 Å². The molecule has 0 saturated carbocycles. The highest BCUT2D eigenvalue weighted by Gasteiger charge is 2.09. The normalized spacial score (nSPS) is 10.7. The maximum atomic E-state index is 12.4. The van der Waals surface area contributed by atoms with Crippen LogP contribution in [0.2, 0.25) is 0 Å². The van der Waals surface area contributed by atoms with Gasteiger partial charge in [0.25, 0.3) is 5.91 Å². The minimum atomic E-state index is -0.249. The molecule has 0 unspecified atom stereocenters. The Morgan fingerprint density at radius 1 is 0.889 bits per heavy atom. The predicted octanol–water partition coefficient (Wildman–Crippen LogP) is 4.62. The van der Waals surface area contributed by atoms with E-state index in [4.69, 9.17) is 5.73 Å². The minimum absolute atomic E-state index is 0.249. The molecule has 0 bridgehead atoms. The molecule has 5 nitrogen and oxygen atoms in total. The van der Waals surface area contributed by atoms with Gasteiger partial charge in [-0.25, -0.2) is 9.97 Å². The Morgan fingerprint density at radius 2 is 1.67 bits per heavy atom. The molecule has 0 aliphatic rings. The number of nitrogen functional groups attached to an aromatic ring is 1. The van der Waals surface area contributed by atoms with Crippen LogP contribution in [0.4, 0.5) is 11.4 Å². The number of carbonyl (C=O) groups excluding carboxylic acids is 1. The number of hydrogen-bond donors (Lipinski definition) is 2. The molecule has 0 aliphatic carbocycles. The van der Waals surface area contributed by atoms with Gasteiger partial charge in [-0.1, -0.05) is 48.2 Å². The molecule has 1 amide bonds. The number of aromatic nitrogens is 2. The molecule has 4 rings (SSSR count). The van der Waals surface area contributed by atoms with E-state index >= 15 is 0 Å². The van der Waals surface area contributed by atoms with Crippen molar-refractivity contribution in [2.75, 3.05) is 11.1 Å². The second-order valence-corrected chi connectivity index (χ2v) is 6.91. The topological polar surface area (TPSA) is 80.9 Å². The highest BCUT2D eigenvalue weighted by atomic mass is 32.2. The standard InChI is InChI=1S/C21H16N4OS/c22-16-6-2-4-8-18(16)25-21(26)15-10-11-19(23-13-15)27-20-12-9-14-5-1-3-7-17(14)24-20/h1-13H,22H2,(H,25,26). The summed E-state index contributed by atoms with van der Waals surface area (Å²) in [6.45, 7) is 0. The number of fused-ring (bicyclic) bond motifs is 1. The lowest BCUT2D eigenvalue weighted by Gasteiger charge is -2.08. The van der Waals surface area contributed by atoms with Gasteiger partial charge in [-0.15, -0.1) is 0 Å². The summed E-state index contributed by atoms with van der Waals surface area (Å²) in [5, 5.41) is 5.52. The second kappa shape index (κ2) is 7.47. The van der Waals surface area contributed by atoms with Crippen LogP contribution < -0.4 is 11.1 Å². The summed E-state index contributed by atoms with van der Waals surface area (Å²) in [4.78, 5) is 21.3. The van der Waals surface area contributed by atoms with Crippen molar-refractivity contribution in [3.05, 3.63) is 84.6 Å². The van der Waals surface area contributed by atoms with Gasteiger partial charge in [-0.05, 0) is 36.4 Å². The third kappa shape index (κ3) is 3.91. The number of nitrogens with two attached hydrogens (primary N) is 1. The number of nitrogens with one attached hydrogen (secondary N) is 1. The van der Waals surface area contributed by atoms with Gasteiger partial charge in [-0.3, -0.25) is 4.79 Å². The lowest BCUT2D eigenvalue weighted by Crippen LogP contribution is -2.13. The Bertz CT molecular complexity index is 1110. The van der Waals surface area contributed by atoms with E-state index < -0.39 is 0 Å². The van der Waals surface area contributed by atoms with Crippen LogP contribution >= 0.6 is 11.8 Å². The first-order valence-electron chi connectivity index (χ1n) is 8.34. The fourth-order valence-electron chi connectivity index (χ4n) is 2.59. The molecule has 0 radical (unpaired) electrons. The van der Waals surface area contributed by atoms with Crippen LogP contribution in [0.3, 0.4) is 0 Å². The van der Waals surface area contributed by atoms with E-state index in [2.05, 4.69) is 15.3 Å². The maximum Gasteiger partial charge on any atom is 0.257 e. The van der Waals surface area contributed by atoms with Crippen LogP contribution in [-0.4, -0.2) is 15.9 Å². The van der Waals surface area contributed by atoms with Crippen molar-refractivity contribution in [2.45, 2.75) is 10.1 Å². The largest absolute Gasteiger partial charge is 0.397 e. The molecule has 132 valence electrons. The Balaban J connectivity index is 1.48. The molecule has 3 N–H and O–H groups in total. The zero-order valence-electron chi connectivity index (χ0n) is 14.3. The van der Waals surface area contributed by atoms with Gasteiger partial charge in [-0.2, -0.15) is 0 Å². The number of hydrogen-bond acceptors (Lipinski definition) is 5. The van der Waals surface area contributed by atoms with Gasteiger partial charge in [0.2, 0.25) is 0 Å². The Labute approximate surface area is 160 Å². The third-order valence-electron chi connectivity index (χ3n) is 3.99. The van der Waals surface area contributed by atoms with Gasteiger partial charge in [0.05, 0.1) is 22.5 Å². The van der Waals surface area contributed by atoms with Gasteiger partial charge in [0.1, 0.15) is 10.1 Å². The highest BCUT2D eigenvalue weighted by Crippen LogP contribution is 2.26. The summed E-state index contributed by atoms with van der Waals surface area (Å²) in [7, 11) is 0. The van der Waals surface area contributed by atoms with E-state index in [1.54, 1.807) is 24.4 Å². The average molecular weight is 372 g/mol. The van der Waals surface area contributed by atoms with E-state index in [-0.39, 0.29) is 5.91 Å². The highest BCUT2D eigenvalue weighted by molar-refractivity contribution is 7.99. The van der Waals surface area contributed by atoms with Crippen LogP contribution in [0.25, 0.3) is 10.9 Å². The molecule has 0 spiro atoms. The summed E-state index contributed by atoms with van der Waals surface area (Å²) < 4.78 is 0. The number of carbonyl (C=O) groups is 1. The fourth-order valence-corrected chi connectivity index (χ4v) is 3.33. The van der Waals surface area contributed by atoms with E-state index in [0.717, 1.165) is 21.0 Å². The zero-order valence-corrected chi connectivity index (χ0v) is 15.1. The fraction of sp³-hybridized carbons (Fsp3) is 0. The maximum absolute atomic E-state index is 12.4. The molecule has 0 atom stereocenters. The molecule has 0 saturated heterocycles. The molecular weight excluding hydrogens is 356 g/mol. The van der Waals surface area contributed by atoms with Crippen molar-refractivity contribution in [2.24, 2.45) is 0 Å². The van der Waals surface area contributed by atoms with Crippen molar-refractivity contribution in [3.63, 3.8) is 0 Å². The molecule has 6 heteroatoms.